The third-order valence-corrected chi connectivity index (χ3v) is 4.07. The normalized spacial score (nSPS) is 10.7. The monoisotopic (exact) mass is 302 g/mol. The summed E-state index contributed by atoms with van der Waals surface area (Å²) in [6, 6.07) is 11.7. The Balaban J connectivity index is 1.68. The molecule has 0 fully saturated rings. The lowest BCUT2D eigenvalue weighted by atomic mass is 10.2. The van der Waals surface area contributed by atoms with Gasteiger partial charge in [0.2, 0.25) is 0 Å². The molecule has 0 unspecified atom stereocenters. The molecule has 20 heavy (non-hydrogen) atoms. The first-order valence-corrected chi connectivity index (χ1v) is 7.37. The van der Waals surface area contributed by atoms with E-state index in [0.717, 1.165) is 27.2 Å². The minimum absolute atomic E-state index is 0.754. The maximum absolute atomic E-state index is 6.12. The van der Waals surface area contributed by atoms with Gasteiger partial charge in [-0.2, -0.15) is 0 Å². The lowest BCUT2D eigenvalue weighted by molar-refractivity contribution is 0.861. The van der Waals surface area contributed by atoms with E-state index in [1.54, 1.807) is 24.3 Å². The maximum atomic E-state index is 6.12. The third-order valence-electron chi connectivity index (χ3n) is 2.73. The van der Waals surface area contributed by atoms with Crippen molar-refractivity contribution in [1.82, 2.24) is 19.7 Å². The number of benzene rings is 1. The van der Waals surface area contributed by atoms with Crippen molar-refractivity contribution in [2.75, 3.05) is 0 Å². The molecule has 1 aromatic carbocycles. The number of halogens is 1. The highest BCUT2D eigenvalue weighted by Crippen LogP contribution is 2.25. The Morgan fingerprint density at radius 1 is 1.10 bits per heavy atom. The molecule has 0 aliphatic heterocycles. The van der Waals surface area contributed by atoms with Crippen LogP contribution in [-0.4, -0.2) is 19.7 Å². The Kier molecular flexibility index (Phi) is 3.99. The molecular weight excluding hydrogens is 292 g/mol. The Labute approximate surface area is 125 Å². The van der Waals surface area contributed by atoms with Crippen molar-refractivity contribution in [2.45, 2.75) is 10.8 Å². The van der Waals surface area contributed by atoms with E-state index < -0.39 is 0 Å². The summed E-state index contributed by atoms with van der Waals surface area (Å²) < 4.78 is 1.81. The second-order valence-electron chi connectivity index (χ2n) is 4.08. The Bertz CT molecular complexity index is 683. The average molecular weight is 303 g/mol. The van der Waals surface area contributed by atoms with Crippen LogP contribution in [-0.2, 0) is 5.75 Å². The number of nitrogens with zero attached hydrogens (tertiary/aromatic N) is 4. The van der Waals surface area contributed by atoms with Gasteiger partial charge in [-0.25, -0.2) is 4.98 Å². The summed E-state index contributed by atoms with van der Waals surface area (Å²) in [6.45, 7) is 0. The molecule has 0 saturated carbocycles. The summed E-state index contributed by atoms with van der Waals surface area (Å²) in [5, 5.41) is 10.0. The smallest absolute Gasteiger partial charge is 0.160 e. The fraction of sp³-hybridized carbons (Fsp3) is 0.0714. The van der Waals surface area contributed by atoms with E-state index in [9.17, 15) is 0 Å². The zero-order valence-corrected chi connectivity index (χ0v) is 12.1. The molecule has 0 radical (unpaired) electrons. The van der Waals surface area contributed by atoms with Crippen molar-refractivity contribution in [3.05, 3.63) is 65.7 Å². The minimum atomic E-state index is 0.754. The van der Waals surface area contributed by atoms with E-state index in [4.69, 9.17) is 11.6 Å². The molecule has 4 nitrogen and oxygen atoms in total. The van der Waals surface area contributed by atoms with E-state index >= 15 is 0 Å². The summed E-state index contributed by atoms with van der Waals surface area (Å²) in [6.07, 6.45) is 5.24. The van der Waals surface area contributed by atoms with E-state index in [0.29, 0.717) is 0 Å². The van der Waals surface area contributed by atoms with Crippen molar-refractivity contribution in [2.24, 2.45) is 0 Å². The third kappa shape index (κ3) is 3.00. The second-order valence-corrected chi connectivity index (χ2v) is 5.48. The Hall–Kier alpha value is -1.85. The lowest BCUT2D eigenvalue weighted by Crippen LogP contribution is -1.96. The standard InChI is InChI=1S/C14H11ClN4S/c15-12-4-2-1-3-11(12)9-20-14-6-5-13(17-18-14)19-8-7-16-10-19/h1-8,10H,9H2. The molecule has 100 valence electrons. The number of aromatic nitrogens is 4. The molecule has 3 aromatic rings. The van der Waals surface area contributed by atoms with Gasteiger partial charge in [-0.3, -0.25) is 4.57 Å². The van der Waals surface area contributed by atoms with Crippen LogP contribution < -0.4 is 0 Å². The van der Waals surface area contributed by atoms with E-state index in [-0.39, 0.29) is 0 Å². The van der Waals surface area contributed by atoms with Gasteiger partial charge in [-0.1, -0.05) is 41.6 Å². The molecule has 0 aliphatic rings. The minimum Gasteiger partial charge on any atom is -0.289 e. The predicted octanol–water partition coefficient (Wildman–Crippen LogP) is 3.61. The van der Waals surface area contributed by atoms with Gasteiger partial charge in [-0.15, -0.1) is 10.2 Å². The van der Waals surface area contributed by atoms with Crippen LogP contribution >= 0.6 is 23.4 Å². The highest BCUT2D eigenvalue weighted by molar-refractivity contribution is 7.98. The largest absolute Gasteiger partial charge is 0.289 e. The predicted molar refractivity (Wildman–Crippen MR) is 80.2 cm³/mol. The van der Waals surface area contributed by atoms with Gasteiger partial charge in [0.1, 0.15) is 11.4 Å². The van der Waals surface area contributed by atoms with Crippen LogP contribution in [0, 0.1) is 0 Å². The molecule has 6 heteroatoms. The van der Waals surface area contributed by atoms with Crippen LogP contribution in [0.1, 0.15) is 5.56 Å². The molecular formula is C14H11ClN4S. The van der Waals surface area contributed by atoms with Crippen molar-refractivity contribution in [1.29, 1.82) is 0 Å². The molecule has 3 rings (SSSR count). The SMILES string of the molecule is Clc1ccccc1CSc1ccc(-n2ccnc2)nn1. The van der Waals surface area contributed by atoms with E-state index in [1.807, 2.05) is 47.2 Å². The van der Waals surface area contributed by atoms with Gasteiger partial charge in [-0.05, 0) is 23.8 Å². The van der Waals surface area contributed by atoms with Crippen LogP contribution in [0.4, 0.5) is 0 Å². The molecule has 0 N–H and O–H groups in total. The molecule has 0 atom stereocenters. The quantitative estimate of drug-likeness (QED) is 0.691. The number of hydrogen-bond acceptors (Lipinski definition) is 4. The molecule has 0 aliphatic carbocycles. The molecule has 0 amide bonds. The highest BCUT2D eigenvalue weighted by atomic mass is 35.5. The van der Waals surface area contributed by atoms with Gasteiger partial charge in [0.25, 0.3) is 0 Å². The van der Waals surface area contributed by atoms with Crippen LogP contribution in [0.3, 0.4) is 0 Å². The first-order valence-electron chi connectivity index (χ1n) is 6.01. The van der Waals surface area contributed by atoms with Crippen molar-refractivity contribution in [3.8, 4) is 5.82 Å². The molecule has 0 saturated heterocycles. The van der Waals surface area contributed by atoms with Crippen LogP contribution in [0.5, 0.6) is 0 Å². The van der Waals surface area contributed by atoms with Crippen LogP contribution in [0.15, 0.2) is 60.1 Å². The van der Waals surface area contributed by atoms with Crippen molar-refractivity contribution in [3.63, 3.8) is 0 Å². The topological polar surface area (TPSA) is 43.6 Å². The summed E-state index contributed by atoms with van der Waals surface area (Å²) in [5.74, 6) is 1.53. The van der Waals surface area contributed by atoms with Crippen molar-refractivity contribution >= 4 is 23.4 Å². The average Bonchev–Trinajstić information content (AvgIpc) is 3.01. The number of hydrogen-bond donors (Lipinski definition) is 0. The molecule has 2 heterocycles. The summed E-state index contributed by atoms with van der Waals surface area (Å²) in [7, 11) is 0. The fourth-order valence-electron chi connectivity index (χ4n) is 1.69. The van der Waals surface area contributed by atoms with E-state index in [1.165, 1.54) is 0 Å². The van der Waals surface area contributed by atoms with Gasteiger partial charge in [0.15, 0.2) is 5.82 Å². The Morgan fingerprint density at radius 2 is 2.00 bits per heavy atom. The summed E-state index contributed by atoms with van der Waals surface area (Å²) in [5.41, 5.74) is 1.10. The molecule has 2 aromatic heterocycles. The first kappa shape index (κ1) is 13.1. The van der Waals surface area contributed by atoms with Crippen LogP contribution in [0.2, 0.25) is 5.02 Å². The lowest BCUT2D eigenvalue weighted by Gasteiger charge is -2.04. The van der Waals surface area contributed by atoms with Gasteiger partial charge in [0, 0.05) is 23.2 Å². The summed E-state index contributed by atoms with van der Waals surface area (Å²) in [4.78, 5) is 3.98. The summed E-state index contributed by atoms with van der Waals surface area (Å²) >= 11 is 7.73. The van der Waals surface area contributed by atoms with Crippen LogP contribution in [0.25, 0.3) is 5.82 Å². The number of rotatable bonds is 4. The van der Waals surface area contributed by atoms with Gasteiger partial charge in [0.05, 0.1) is 0 Å². The van der Waals surface area contributed by atoms with E-state index in [2.05, 4.69) is 15.2 Å². The first-order chi connectivity index (χ1) is 9.83. The van der Waals surface area contributed by atoms with Gasteiger partial charge >= 0.3 is 0 Å². The molecule has 0 spiro atoms. The fourth-order valence-corrected chi connectivity index (χ4v) is 2.79. The Morgan fingerprint density at radius 3 is 2.70 bits per heavy atom. The second kappa shape index (κ2) is 6.07. The zero-order chi connectivity index (χ0) is 13.8. The van der Waals surface area contributed by atoms with Gasteiger partial charge < -0.3 is 0 Å². The van der Waals surface area contributed by atoms with Crippen molar-refractivity contribution < 1.29 is 0 Å². The number of imidazole rings is 1. The molecule has 0 bridgehead atoms. The maximum Gasteiger partial charge on any atom is 0.160 e. The number of thioether (sulfide) groups is 1. The highest BCUT2D eigenvalue weighted by Gasteiger charge is 2.03. The zero-order valence-electron chi connectivity index (χ0n) is 10.5.